The second kappa shape index (κ2) is 7.03. The van der Waals surface area contributed by atoms with Gasteiger partial charge in [-0.3, -0.25) is 9.69 Å². The number of hydrogen-bond acceptors (Lipinski definition) is 6. The van der Waals surface area contributed by atoms with Gasteiger partial charge in [-0.1, -0.05) is 17.6 Å². The zero-order valence-corrected chi connectivity index (χ0v) is 14.4. The molecule has 1 N–H and O–H groups in total. The van der Waals surface area contributed by atoms with Crippen molar-refractivity contribution in [3.63, 3.8) is 0 Å². The highest BCUT2D eigenvalue weighted by Gasteiger charge is 2.36. The van der Waals surface area contributed by atoms with Crippen LogP contribution in [0.15, 0.2) is 22.0 Å². The summed E-state index contributed by atoms with van der Waals surface area (Å²) in [6, 6.07) is 4.76. The van der Waals surface area contributed by atoms with Gasteiger partial charge in [-0.25, -0.2) is 0 Å². The number of nitrogens with zero attached hydrogens (tertiary/aromatic N) is 3. The van der Waals surface area contributed by atoms with E-state index in [1.807, 2.05) is 17.5 Å². The molecule has 2 aromatic rings. The number of carbonyl (C=O) groups excluding carboxylic acids is 1. The smallest absolute Gasteiger partial charge is 0.227 e. The zero-order valence-electron chi connectivity index (χ0n) is 13.6. The molecule has 0 saturated carbocycles. The van der Waals surface area contributed by atoms with Crippen LogP contribution in [0, 0.1) is 0 Å². The van der Waals surface area contributed by atoms with Crippen LogP contribution in [0.3, 0.4) is 0 Å². The summed E-state index contributed by atoms with van der Waals surface area (Å²) in [6.45, 7) is 2.30. The molecule has 2 aromatic heterocycles. The van der Waals surface area contributed by atoms with Gasteiger partial charge in [0.2, 0.25) is 17.6 Å². The summed E-state index contributed by atoms with van der Waals surface area (Å²) in [5, 5.41) is 9.18. The minimum atomic E-state index is 0.0864. The van der Waals surface area contributed by atoms with Crippen molar-refractivity contribution >= 4 is 17.2 Å². The Balaban J connectivity index is 1.28. The molecule has 2 saturated heterocycles. The highest BCUT2D eigenvalue weighted by molar-refractivity contribution is 7.13. The van der Waals surface area contributed by atoms with Crippen molar-refractivity contribution < 1.29 is 9.32 Å². The van der Waals surface area contributed by atoms with Gasteiger partial charge in [-0.05, 0) is 37.3 Å². The largest absolute Gasteiger partial charge is 0.352 e. The first-order valence-corrected chi connectivity index (χ1v) is 9.57. The van der Waals surface area contributed by atoms with Crippen molar-refractivity contribution in [2.24, 2.45) is 0 Å². The van der Waals surface area contributed by atoms with Crippen LogP contribution < -0.4 is 5.32 Å². The predicted molar refractivity (Wildman–Crippen MR) is 91.7 cm³/mol. The van der Waals surface area contributed by atoms with E-state index in [9.17, 15) is 4.79 Å². The third-order valence-corrected chi connectivity index (χ3v) is 5.84. The van der Waals surface area contributed by atoms with E-state index in [0.29, 0.717) is 36.6 Å². The summed E-state index contributed by atoms with van der Waals surface area (Å²) in [5.74, 6) is 1.22. The fourth-order valence-corrected chi connectivity index (χ4v) is 4.43. The molecule has 0 spiro atoms. The van der Waals surface area contributed by atoms with Crippen LogP contribution in [0.5, 0.6) is 0 Å². The molecule has 0 radical (unpaired) electrons. The number of piperidine rings is 1. The summed E-state index contributed by atoms with van der Waals surface area (Å²) in [6.07, 6.45) is 5.74. The average Bonchev–Trinajstić information content (AvgIpc) is 3.34. The molecule has 128 valence electrons. The lowest BCUT2D eigenvalue weighted by Gasteiger charge is -2.32. The van der Waals surface area contributed by atoms with E-state index in [1.54, 1.807) is 11.3 Å². The number of thiophene rings is 1. The second-order valence-corrected chi connectivity index (χ2v) is 7.50. The molecule has 7 heteroatoms. The number of rotatable bonds is 5. The maximum absolute atomic E-state index is 12.3. The summed E-state index contributed by atoms with van der Waals surface area (Å²) in [4.78, 5) is 20.1. The Bertz CT molecular complexity index is 685. The molecule has 6 nitrogen and oxygen atoms in total. The molecule has 4 rings (SSSR count). The third kappa shape index (κ3) is 3.37. The summed E-state index contributed by atoms with van der Waals surface area (Å²) in [5.41, 5.74) is 0. The molecule has 4 heterocycles. The molecule has 2 fully saturated rings. The van der Waals surface area contributed by atoms with Crippen molar-refractivity contribution in [1.29, 1.82) is 0 Å². The first-order chi connectivity index (χ1) is 11.8. The number of aryl methyl sites for hydroxylation is 1. The van der Waals surface area contributed by atoms with Crippen LogP contribution in [-0.2, 0) is 11.2 Å². The molecule has 0 aromatic carbocycles. The van der Waals surface area contributed by atoms with Crippen molar-refractivity contribution in [2.75, 3.05) is 13.1 Å². The van der Waals surface area contributed by atoms with Gasteiger partial charge in [0.1, 0.15) is 0 Å². The van der Waals surface area contributed by atoms with Crippen LogP contribution in [0.4, 0.5) is 0 Å². The van der Waals surface area contributed by atoms with Gasteiger partial charge in [0.05, 0.1) is 4.88 Å². The van der Waals surface area contributed by atoms with Gasteiger partial charge < -0.3 is 9.84 Å². The number of amides is 1. The first-order valence-electron chi connectivity index (χ1n) is 8.69. The number of aromatic nitrogens is 2. The van der Waals surface area contributed by atoms with Gasteiger partial charge in [0.25, 0.3) is 0 Å². The Hall–Kier alpha value is -1.73. The zero-order chi connectivity index (χ0) is 16.4. The molecular formula is C17H22N4O2S. The monoisotopic (exact) mass is 346 g/mol. The van der Waals surface area contributed by atoms with Gasteiger partial charge in [0.15, 0.2) is 0 Å². The van der Waals surface area contributed by atoms with Crippen molar-refractivity contribution in [1.82, 2.24) is 20.4 Å². The molecule has 1 amide bonds. The van der Waals surface area contributed by atoms with E-state index in [1.165, 1.54) is 25.8 Å². The van der Waals surface area contributed by atoms with E-state index in [0.717, 1.165) is 17.8 Å². The lowest BCUT2D eigenvalue weighted by Crippen LogP contribution is -2.46. The summed E-state index contributed by atoms with van der Waals surface area (Å²) < 4.78 is 5.25. The fraction of sp³-hybridized carbons (Fsp3) is 0.588. The Morgan fingerprint density at radius 3 is 3.21 bits per heavy atom. The Morgan fingerprint density at radius 1 is 1.38 bits per heavy atom. The second-order valence-electron chi connectivity index (χ2n) is 6.55. The average molecular weight is 346 g/mol. The topological polar surface area (TPSA) is 71.3 Å². The Labute approximate surface area is 145 Å². The quantitative estimate of drug-likeness (QED) is 0.900. The normalized spacial score (nSPS) is 24.0. The fourth-order valence-electron chi connectivity index (χ4n) is 3.78. The lowest BCUT2D eigenvalue weighted by molar-refractivity contribution is -0.122. The van der Waals surface area contributed by atoms with Gasteiger partial charge >= 0.3 is 0 Å². The highest BCUT2D eigenvalue weighted by atomic mass is 32.1. The highest BCUT2D eigenvalue weighted by Crippen LogP contribution is 2.27. The molecule has 24 heavy (non-hydrogen) atoms. The van der Waals surface area contributed by atoms with Gasteiger partial charge in [-0.2, -0.15) is 4.98 Å². The third-order valence-electron chi connectivity index (χ3n) is 4.98. The van der Waals surface area contributed by atoms with Gasteiger partial charge in [0, 0.05) is 31.5 Å². The van der Waals surface area contributed by atoms with E-state index < -0.39 is 0 Å². The van der Waals surface area contributed by atoms with E-state index >= 15 is 0 Å². The molecule has 2 unspecified atom stereocenters. The first kappa shape index (κ1) is 15.8. The predicted octanol–water partition coefficient (Wildman–Crippen LogP) is 2.47. The van der Waals surface area contributed by atoms with Crippen LogP contribution in [0.2, 0.25) is 0 Å². The lowest BCUT2D eigenvalue weighted by atomic mass is 9.99. The minimum absolute atomic E-state index is 0.0864. The molecule has 2 atom stereocenters. The molecular weight excluding hydrogens is 324 g/mol. The number of nitrogens with one attached hydrogen (secondary N) is 1. The molecule has 2 aliphatic rings. The summed E-state index contributed by atoms with van der Waals surface area (Å²) >= 11 is 1.58. The van der Waals surface area contributed by atoms with E-state index in [2.05, 4.69) is 20.4 Å². The standard InChI is InChI=1S/C17H22N4O2S/c22-15(18-12-8-10-21-9-2-1-4-13(12)21)6-7-16-19-17(20-23-16)14-5-3-11-24-14/h3,5,11-13H,1-2,4,6-10H2,(H,18,22). The Morgan fingerprint density at radius 2 is 2.33 bits per heavy atom. The maximum atomic E-state index is 12.3. The minimum Gasteiger partial charge on any atom is -0.352 e. The van der Waals surface area contributed by atoms with Crippen molar-refractivity contribution in [2.45, 2.75) is 50.6 Å². The molecule has 2 aliphatic heterocycles. The maximum Gasteiger partial charge on any atom is 0.227 e. The van der Waals surface area contributed by atoms with Crippen LogP contribution in [0.25, 0.3) is 10.7 Å². The molecule has 0 aliphatic carbocycles. The van der Waals surface area contributed by atoms with Crippen LogP contribution >= 0.6 is 11.3 Å². The van der Waals surface area contributed by atoms with E-state index in [4.69, 9.17) is 4.52 Å². The Kier molecular flexibility index (Phi) is 4.62. The van der Waals surface area contributed by atoms with Crippen LogP contribution in [0.1, 0.15) is 38.0 Å². The SMILES string of the molecule is O=C(CCc1nc(-c2cccs2)no1)NC1CCN2CCCCC12. The number of hydrogen-bond donors (Lipinski definition) is 1. The number of fused-ring (bicyclic) bond motifs is 1. The number of carbonyl (C=O) groups is 1. The van der Waals surface area contributed by atoms with Gasteiger partial charge in [-0.15, -0.1) is 11.3 Å². The van der Waals surface area contributed by atoms with Crippen molar-refractivity contribution in [3.05, 3.63) is 23.4 Å². The van der Waals surface area contributed by atoms with Crippen molar-refractivity contribution in [3.8, 4) is 10.7 Å². The molecule has 0 bridgehead atoms. The summed E-state index contributed by atoms with van der Waals surface area (Å²) in [7, 11) is 0. The van der Waals surface area contributed by atoms with Crippen LogP contribution in [-0.4, -0.2) is 46.1 Å². The van der Waals surface area contributed by atoms with E-state index in [-0.39, 0.29) is 5.91 Å².